The molecule has 2 N–H and O–H groups in total. The van der Waals surface area contributed by atoms with Gasteiger partial charge in [0.15, 0.2) is 11.6 Å². The second-order valence-electron chi connectivity index (χ2n) is 11.9. The van der Waals surface area contributed by atoms with Gasteiger partial charge in [-0.1, -0.05) is 13.8 Å². The van der Waals surface area contributed by atoms with Gasteiger partial charge in [0.1, 0.15) is 28.5 Å². The normalized spacial score (nSPS) is 12.5. The number of anilines is 3. The number of ether oxygens (including phenoxy) is 1. The van der Waals surface area contributed by atoms with E-state index < -0.39 is 23.3 Å². The van der Waals surface area contributed by atoms with Gasteiger partial charge < -0.3 is 19.9 Å². The van der Waals surface area contributed by atoms with Crippen molar-refractivity contribution < 1.29 is 18.3 Å². The fourth-order valence-electron chi connectivity index (χ4n) is 4.79. The van der Waals surface area contributed by atoms with Crippen molar-refractivity contribution in [2.24, 2.45) is 5.92 Å². The monoisotopic (exact) mass is 594 g/mol. The van der Waals surface area contributed by atoms with E-state index in [1.54, 1.807) is 29.3 Å². The van der Waals surface area contributed by atoms with E-state index in [9.17, 15) is 9.18 Å². The summed E-state index contributed by atoms with van der Waals surface area (Å²) in [4.78, 5) is 31.8. The van der Waals surface area contributed by atoms with Crippen LogP contribution in [0.5, 0.6) is 0 Å². The molecule has 4 aromatic rings. The number of aryl methyl sites for hydroxylation is 1. The molecule has 12 heteroatoms. The molecular formula is C31H40F2N8O2. The molecule has 1 aromatic carbocycles. The van der Waals surface area contributed by atoms with Crippen LogP contribution in [0.25, 0.3) is 22.3 Å². The lowest BCUT2D eigenvalue weighted by Crippen LogP contribution is -2.41. The first-order valence-corrected chi connectivity index (χ1v) is 14.4. The van der Waals surface area contributed by atoms with E-state index in [-0.39, 0.29) is 34.7 Å². The SMILES string of the molecule is CCNCC(C)CN(C(=O)OC(C)(C)C)c1ccc(Nc2ncc(F)c(-c3cc(F)c4nc(C)n(C(C)C)c4c3)n2)nc1. The maximum Gasteiger partial charge on any atom is 0.414 e. The molecule has 4 rings (SSSR count). The average Bonchev–Trinajstić information content (AvgIpc) is 3.27. The van der Waals surface area contributed by atoms with Crippen molar-refractivity contribution in [3.8, 4) is 11.3 Å². The van der Waals surface area contributed by atoms with Crippen molar-refractivity contribution >= 4 is 34.6 Å². The van der Waals surface area contributed by atoms with E-state index in [0.29, 0.717) is 29.4 Å². The van der Waals surface area contributed by atoms with Crippen molar-refractivity contribution in [1.82, 2.24) is 29.8 Å². The number of benzene rings is 1. The van der Waals surface area contributed by atoms with Gasteiger partial charge in [-0.15, -0.1) is 0 Å². The van der Waals surface area contributed by atoms with E-state index >= 15 is 4.39 Å². The minimum atomic E-state index is -0.695. The van der Waals surface area contributed by atoms with Crippen LogP contribution in [-0.2, 0) is 4.74 Å². The van der Waals surface area contributed by atoms with Crippen LogP contribution in [0, 0.1) is 24.5 Å². The highest BCUT2D eigenvalue weighted by Crippen LogP contribution is 2.30. The van der Waals surface area contributed by atoms with Crippen molar-refractivity contribution in [2.75, 3.05) is 29.9 Å². The topological polar surface area (TPSA) is 110 Å². The first-order chi connectivity index (χ1) is 20.3. The molecule has 3 aromatic heterocycles. The van der Waals surface area contributed by atoms with Crippen molar-refractivity contribution in [2.45, 2.75) is 67.0 Å². The Labute approximate surface area is 250 Å². The third-order valence-electron chi connectivity index (χ3n) is 6.61. The molecule has 0 saturated heterocycles. The van der Waals surface area contributed by atoms with Crippen LogP contribution < -0.4 is 15.5 Å². The maximum absolute atomic E-state index is 15.1. The summed E-state index contributed by atoms with van der Waals surface area (Å²) in [5, 5.41) is 6.27. The first kappa shape index (κ1) is 31.7. The summed E-state index contributed by atoms with van der Waals surface area (Å²) in [6.07, 6.45) is 2.11. The molecule has 230 valence electrons. The zero-order valence-electron chi connectivity index (χ0n) is 26.0. The average molecular weight is 595 g/mol. The molecular weight excluding hydrogens is 554 g/mol. The number of nitrogens with one attached hydrogen (secondary N) is 2. The van der Waals surface area contributed by atoms with E-state index in [0.717, 1.165) is 19.3 Å². The largest absolute Gasteiger partial charge is 0.443 e. The summed E-state index contributed by atoms with van der Waals surface area (Å²) in [6.45, 7) is 17.3. The lowest BCUT2D eigenvalue weighted by atomic mass is 10.1. The molecule has 1 amide bonds. The summed E-state index contributed by atoms with van der Waals surface area (Å²) >= 11 is 0. The van der Waals surface area contributed by atoms with Crippen LogP contribution in [0.1, 0.15) is 60.3 Å². The van der Waals surface area contributed by atoms with Crippen molar-refractivity contribution in [3.63, 3.8) is 0 Å². The highest BCUT2D eigenvalue weighted by Gasteiger charge is 2.25. The van der Waals surface area contributed by atoms with Gasteiger partial charge >= 0.3 is 6.09 Å². The molecule has 0 fully saturated rings. The molecule has 1 unspecified atom stereocenters. The molecule has 0 radical (unpaired) electrons. The number of amides is 1. The molecule has 1 atom stereocenters. The second-order valence-corrected chi connectivity index (χ2v) is 11.9. The Morgan fingerprint density at radius 3 is 2.44 bits per heavy atom. The summed E-state index contributed by atoms with van der Waals surface area (Å²) in [6, 6.07) is 6.35. The van der Waals surface area contributed by atoms with Crippen LogP contribution in [0.4, 0.5) is 31.0 Å². The summed E-state index contributed by atoms with van der Waals surface area (Å²) < 4.78 is 37.5. The van der Waals surface area contributed by atoms with Crippen LogP contribution in [0.15, 0.2) is 36.7 Å². The van der Waals surface area contributed by atoms with E-state index in [2.05, 4.69) is 30.6 Å². The zero-order chi connectivity index (χ0) is 31.5. The Bertz CT molecular complexity index is 1580. The maximum atomic E-state index is 15.1. The predicted molar refractivity (Wildman–Crippen MR) is 165 cm³/mol. The molecule has 0 aliphatic heterocycles. The number of hydrogen-bond donors (Lipinski definition) is 2. The van der Waals surface area contributed by atoms with E-state index in [1.165, 1.54) is 6.07 Å². The number of imidazole rings is 1. The first-order valence-electron chi connectivity index (χ1n) is 14.4. The molecule has 3 heterocycles. The Balaban J connectivity index is 1.60. The van der Waals surface area contributed by atoms with Gasteiger partial charge in [-0.25, -0.2) is 33.5 Å². The van der Waals surface area contributed by atoms with Gasteiger partial charge in [-0.2, -0.15) is 0 Å². The number of carbonyl (C=O) groups is 1. The summed E-state index contributed by atoms with van der Waals surface area (Å²) in [7, 11) is 0. The lowest BCUT2D eigenvalue weighted by Gasteiger charge is -2.29. The number of aromatic nitrogens is 5. The third-order valence-corrected chi connectivity index (χ3v) is 6.61. The van der Waals surface area contributed by atoms with Crippen molar-refractivity contribution in [1.29, 1.82) is 0 Å². The molecule has 10 nitrogen and oxygen atoms in total. The number of nitrogens with zero attached hydrogens (tertiary/aromatic N) is 6. The third kappa shape index (κ3) is 7.61. The summed E-state index contributed by atoms with van der Waals surface area (Å²) in [5.74, 6) is 0.0193. The number of pyridine rings is 1. The Hall–Kier alpha value is -4.19. The Morgan fingerprint density at radius 2 is 1.81 bits per heavy atom. The quantitative estimate of drug-likeness (QED) is 0.207. The standard InChI is InChI=1S/C31H40F2N8O2/c1-9-34-14-19(4)17-40(30(42)43-31(6,7)8)22-10-11-26(35-15-22)38-29-36-16-24(33)27(39-29)21-12-23(32)28-25(13-21)41(18(2)3)20(5)37-28/h10-13,15-16,18-19,34H,9,14,17H2,1-8H3,(H,35,36,38,39). The van der Waals surface area contributed by atoms with Crippen LogP contribution >= 0.6 is 0 Å². The van der Waals surface area contributed by atoms with Gasteiger partial charge in [0.25, 0.3) is 0 Å². The second kappa shape index (κ2) is 13.0. The lowest BCUT2D eigenvalue weighted by molar-refractivity contribution is 0.0575. The van der Waals surface area contributed by atoms with E-state index in [4.69, 9.17) is 4.74 Å². The van der Waals surface area contributed by atoms with Gasteiger partial charge in [-0.05, 0) is 84.8 Å². The van der Waals surface area contributed by atoms with Crippen molar-refractivity contribution in [3.05, 3.63) is 54.1 Å². The molecule has 0 aliphatic carbocycles. The number of rotatable bonds is 10. The Kier molecular flexibility index (Phi) is 9.59. The molecule has 43 heavy (non-hydrogen) atoms. The highest BCUT2D eigenvalue weighted by atomic mass is 19.1. The zero-order valence-corrected chi connectivity index (χ0v) is 26.0. The van der Waals surface area contributed by atoms with Gasteiger partial charge in [0, 0.05) is 18.2 Å². The summed E-state index contributed by atoms with van der Waals surface area (Å²) in [5.41, 5.74) is 0.885. The number of carbonyl (C=O) groups excluding carboxylic acids is 1. The molecule has 0 bridgehead atoms. The van der Waals surface area contributed by atoms with Crippen LogP contribution in [-0.4, -0.2) is 55.8 Å². The molecule has 0 spiro atoms. The fraction of sp³-hybridized carbons (Fsp3) is 0.452. The van der Waals surface area contributed by atoms with Gasteiger partial charge in [0.2, 0.25) is 5.95 Å². The van der Waals surface area contributed by atoms with Gasteiger partial charge in [0.05, 0.1) is 23.6 Å². The molecule has 0 saturated carbocycles. The number of hydrogen-bond acceptors (Lipinski definition) is 8. The predicted octanol–water partition coefficient (Wildman–Crippen LogP) is 6.79. The van der Waals surface area contributed by atoms with Crippen LogP contribution in [0.2, 0.25) is 0 Å². The fourth-order valence-corrected chi connectivity index (χ4v) is 4.79. The van der Waals surface area contributed by atoms with Gasteiger partial charge in [-0.3, -0.25) is 4.90 Å². The van der Waals surface area contributed by atoms with E-state index in [1.807, 2.05) is 60.0 Å². The smallest absolute Gasteiger partial charge is 0.414 e. The highest BCUT2D eigenvalue weighted by molar-refractivity contribution is 5.88. The Morgan fingerprint density at radius 1 is 1.07 bits per heavy atom. The number of halogens is 2. The molecule has 0 aliphatic rings. The van der Waals surface area contributed by atoms with Crippen LogP contribution in [0.3, 0.4) is 0 Å². The minimum absolute atomic E-state index is 0.0311. The number of fused-ring (bicyclic) bond motifs is 1. The minimum Gasteiger partial charge on any atom is -0.443 e.